The molecule has 0 spiro atoms. The molecule has 0 aliphatic heterocycles. The summed E-state index contributed by atoms with van der Waals surface area (Å²) < 4.78 is 0. The lowest BCUT2D eigenvalue weighted by Gasteiger charge is -2.28. The van der Waals surface area contributed by atoms with Crippen molar-refractivity contribution < 1.29 is 14.7 Å². The molecule has 2 amide bonds. The Bertz CT molecular complexity index is 878. The maximum atomic E-state index is 12.3. The van der Waals surface area contributed by atoms with Crippen LogP contribution in [0, 0.1) is 18.3 Å². The van der Waals surface area contributed by atoms with Crippen LogP contribution in [0.15, 0.2) is 42.5 Å². The van der Waals surface area contributed by atoms with Gasteiger partial charge >= 0.3 is 6.09 Å². The second kappa shape index (κ2) is 10.3. The summed E-state index contributed by atoms with van der Waals surface area (Å²) in [7, 11) is 0. The number of nitriles is 1. The van der Waals surface area contributed by atoms with E-state index in [0.29, 0.717) is 29.0 Å². The molecule has 8 heteroatoms. The first kappa shape index (κ1) is 21.3. The third-order valence-corrected chi connectivity index (χ3v) is 4.55. The quantitative estimate of drug-likeness (QED) is 0.311. The highest BCUT2D eigenvalue weighted by atomic mass is 79.9. The van der Waals surface area contributed by atoms with Gasteiger partial charge in [0.25, 0.3) is 0 Å². The van der Waals surface area contributed by atoms with Crippen LogP contribution in [0.2, 0.25) is 0 Å². The number of para-hydroxylation sites is 1. The summed E-state index contributed by atoms with van der Waals surface area (Å²) in [6, 6.07) is 13.9. The number of carbonyl (C=O) groups is 2. The molecule has 0 saturated heterocycles. The Morgan fingerprint density at radius 3 is 2.50 bits per heavy atom. The molecule has 0 heterocycles. The molecule has 0 bridgehead atoms. The molecule has 0 radical (unpaired) electrons. The van der Waals surface area contributed by atoms with Crippen LogP contribution in [0.1, 0.15) is 30.4 Å². The number of rotatable bonds is 8. The van der Waals surface area contributed by atoms with E-state index in [0.717, 1.165) is 23.7 Å². The maximum Gasteiger partial charge on any atom is 0.423 e. The normalized spacial score (nSPS) is 10.0. The minimum Gasteiger partial charge on any atom is -0.464 e. The number of hydrogen-bond donors (Lipinski definition) is 3. The van der Waals surface area contributed by atoms with Crippen molar-refractivity contribution in [1.82, 2.24) is 5.43 Å². The molecular formula is C20H21BrN4O3. The van der Waals surface area contributed by atoms with E-state index in [1.54, 1.807) is 36.4 Å². The first-order valence-corrected chi connectivity index (χ1v) is 9.83. The van der Waals surface area contributed by atoms with Crippen LogP contribution in [-0.4, -0.2) is 22.4 Å². The molecule has 0 aliphatic carbocycles. The largest absolute Gasteiger partial charge is 0.464 e. The van der Waals surface area contributed by atoms with E-state index in [-0.39, 0.29) is 5.91 Å². The van der Waals surface area contributed by atoms with Crippen molar-refractivity contribution in [3.8, 4) is 6.07 Å². The zero-order chi connectivity index (χ0) is 20.5. The molecule has 3 N–H and O–H groups in total. The molecule has 2 aromatic rings. The second-order valence-electron chi connectivity index (χ2n) is 6.08. The fourth-order valence-corrected chi connectivity index (χ4v) is 3.08. The molecule has 0 atom stereocenters. The topological polar surface area (TPSA) is 105 Å². The van der Waals surface area contributed by atoms with Gasteiger partial charge in [-0.25, -0.2) is 15.2 Å². The smallest absolute Gasteiger partial charge is 0.423 e. The van der Waals surface area contributed by atoms with E-state index < -0.39 is 6.09 Å². The van der Waals surface area contributed by atoms with Gasteiger partial charge in [0.05, 0.1) is 28.7 Å². The Morgan fingerprint density at radius 2 is 1.89 bits per heavy atom. The van der Waals surface area contributed by atoms with Crippen LogP contribution in [0.3, 0.4) is 0 Å². The van der Waals surface area contributed by atoms with Gasteiger partial charge in [-0.3, -0.25) is 4.79 Å². The zero-order valence-electron chi connectivity index (χ0n) is 15.4. The molecular weight excluding hydrogens is 424 g/mol. The van der Waals surface area contributed by atoms with Gasteiger partial charge in [0.15, 0.2) is 0 Å². The predicted octanol–water partition coefficient (Wildman–Crippen LogP) is 4.69. The van der Waals surface area contributed by atoms with Gasteiger partial charge in [-0.2, -0.15) is 5.26 Å². The number of amides is 2. The molecule has 0 fully saturated rings. The number of hydrazine groups is 1. The second-order valence-corrected chi connectivity index (χ2v) is 6.87. The van der Waals surface area contributed by atoms with E-state index >= 15 is 0 Å². The highest BCUT2D eigenvalue weighted by Crippen LogP contribution is 2.34. The van der Waals surface area contributed by atoms with E-state index in [1.807, 2.05) is 19.1 Å². The highest BCUT2D eigenvalue weighted by Gasteiger charge is 2.19. The summed E-state index contributed by atoms with van der Waals surface area (Å²) in [5.74, 6) is -0.136. The van der Waals surface area contributed by atoms with E-state index in [2.05, 4.69) is 26.7 Å². The maximum absolute atomic E-state index is 12.3. The predicted molar refractivity (Wildman–Crippen MR) is 112 cm³/mol. The molecule has 0 unspecified atom stereocenters. The summed E-state index contributed by atoms with van der Waals surface area (Å²) in [4.78, 5) is 23.7. The lowest BCUT2D eigenvalue weighted by molar-refractivity contribution is -0.116. The van der Waals surface area contributed by atoms with Gasteiger partial charge in [-0.05, 0) is 55.7 Å². The zero-order valence-corrected chi connectivity index (χ0v) is 17.0. The van der Waals surface area contributed by atoms with Crippen molar-refractivity contribution in [1.29, 1.82) is 5.26 Å². The first-order valence-electron chi connectivity index (χ1n) is 8.71. The van der Waals surface area contributed by atoms with Crippen molar-refractivity contribution in [2.75, 3.05) is 15.7 Å². The number of benzene rings is 2. The molecule has 28 heavy (non-hydrogen) atoms. The van der Waals surface area contributed by atoms with Gasteiger partial charge in [-0.15, -0.1) is 0 Å². The number of halogens is 1. The molecule has 7 nitrogen and oxygen atoms in total. The number of nitrogens with one attached hydrogen (secondary N) is 2. The summed E-state index contributed by atoms with van der Waals surface area (Å²) in [6.07, 6.45) is 0.779. The summed E-state index contributed by atoms with van der Waals surface area (Å²) in [6.45, 7) is 1.83. The Hall–Kier alpha value is -3.05. The van der Waals surface area contributed by atoms with Crippen LogP contribution in [-0.2, 0) is 4.79 Å². The van der Waals surface area contributed by atoms with Crippen LogP contribution in [0.5, 0.6) is 0 Å². The van der Waals surface area contributed by atoms with Crippen molar-refractivity contribution in [3.63, 3.8) is 0 Å². The van der Waals surface area contributed by atoms with Crippen LogP contribution >= 0.6 is 15.9 Å². The lowest BCUT2D eigenvalue weighted by atomic mass is 10.1. The Morgan fingerprint density at radius 1 is 1.18 bits per heavy atom. The molecule has 0 aliphatic rings. The van der Waals surface area contributed by atoms with Gasteiger partial charge < -0.3 is 10.4 Å². The molecule has 146 valence electrons. The number of hydrogen-bond acceptors (Lipinski definition) is 4. The number of carboxylic acid groups (broad SMARTS) is 1. The number of unbranched alkanes of at least 4 members (excludes halogenated alkanes) is 1. The SMILES string of the molecule is Cc1cccc(NC(=O)CCCCBr)c1N(NC(=O)O)c1ccc(C#N)cc1. The first-order chi connectivity index (χ1) is 13.5. The van der Waals surface area contributed by atoms with Crippen molar-refractivity contribution in [3.05, 3.63) is 53.6 Å². The minimum absolute atomic E-state index is 0.136. The monoisotopic (exact) mass is 444 g/mol. The van der Waals surface area contributed by atoms with Crippen LogP contribution in [0.25, 0.3) is 0 Å². The van der Waals surface area contributed by atoms with Gasteiger partial charge in [0.1, 0.15) is 0 Å². The van der Waals surface area contributed by atoms with E-state index in [4.69, 9.17) is 5.26 Å². The van der Waals surface area contributed by atoms with E-state index in [9.17, 15) is 14.7 Å². The third-order valence-electron chi connectivity index (χ3n) is 3.98. The summed E-state index contributed by atoms with van der Waals surface area (Å²) >= 11 is 3.34. The van der Waals surface area contributed by atoms with Crippen LogP contribution in [0.4, 0.5) is 21.9 Å². The van der Waals surface area contributed by atoms with E-state index in [1.165, 1.54) is 5.01 Å². The number of anilines is 3. The summed E-state index contributed by atoms with van der Waals surface area (Å²) in [5, 5.41) is 23.4. The fraction of sp³-hybridized carbons (Fsp3) is 0.250. The Labute approximate surface area is 172 Å². The molecule has 2 aromatic carbocycles. The van der Waals surface area contributed by atoms with Crippen LogP contribution < -0.4 is 15.8 Å². The summed E-state index contributed by atoms with van der Waals surface area (Å²) in [5.41, 5.74) is 5.14. The van der Waals surface area contributed by atoms with Gasteiger partial charge in [0.2, 0.25) is 5.91 Å². The number of nitrogens with zero attached hydrogens (tertiary/aromatic N) is 2. The average Bonchev–Trinajstić information content (AvgIpc) is 2.67. The third kappa shape index (κ3) is 5.72. The van der Waals surface area contributed by atoms with Crippen molar-refractivity contribution >= 4 is 45.0 Å². The molecule has 0 saturated carbocycles. The Kier molecular flexibility index (Phi) is 7.84. The van der Waals surface area contributed by atoms with Crippen molar-refractivity contribution in [2.45, 2.75) is 26.2 Å². The average molecular weight is 445 g/mol. The van der Waals surface area contributed by atoms with Crippen molar-refractivity contribution in [2.24, 2.45) is 0 Å². The number of carbonyl (C=O) groups excluding carboxylic acids is 1. The van der Waals surface area contributed by atoms with Gasteiger partial charge in [0, 0.05) is 11.8 Å². The minimum atomic E-state index is -1.25. The number of alkyl halides is 1. The molecule has 2 rings (SSSR count). The highest BCUT2D eigenvalue weighted by molar-refractivity contribution is 9.09. The fourth-order valence-electron chi connectivity index (χ4n) is 2.68. The molecule has 0 aromatic heterocycles. The standard InChI is InChI=1S/C20H21BrN4O3/c1-14-5-4-6-17(23-18(26)7-2-3-12-21)19(14)25(24-20(27)28)16-10-8-15(13-22)9-11-16/h4-6,8-11,24H,2-3,7,12H2,1H3,(H,23,26)(H,27,28). The number of aryl methyl sites for hydroxylation is 1. The Balaban J connectivity index is 2.40. The lowest BCUT2D eigenvalue weighted by Crippen LogP contribution is -2.38. The van der Waals surface area contributed by atoms with Gasteiger partial charge in [-0.1, -0.05) is 28.1 Å².